The summed E-state index contributed by atoms with van der Waals surface area (Å²) >= 11 is 0. The molecule has 40 heavy (non-hydrogen) atoms. The Balaban J connectivity index is 1.65. The summed E-state index contributed by atoms with van der Waals surface area (Å²) in [6.45, 7) is 3.01. The monoisotopic (exact) mass is 565 g/mol. The number of amides is 2. The van der Waals surface area contributed by atoms with Crippen molar-refractivity contribution in [1.29, 1.82) is 0 Å². The Morgan fingerprint density at radius 2 is 1.57 bits per heavy atom. The smallest absolute Gasteiger partial charge is 0.264 e. The molecule has 2 amide bonds. The molecule has 3 aromatic carbocycles. The molecule has 0 saturated heterocycles. The molecule has 0 heterocycles. The van der Waals surface area contributed by atoms with E-state index in [1.54, 1.807) is 19.1 Å². The second-order valence-corrected chi connectivity index (χ2v) is 12.1. The van der Waals surface area contributed by atoms with Crippen LogP contribution in [0.25, 0.3) is 0 Å². The van der Waals surface area contributed by atoms with Crippen molar-refractivity contribution in [1.82, 2.24) is 10.2 Å². The van der Waals surface area contributed by atoms with Gasteiger partial charge in [0.05, 0.1) is 10.6 Å². The summed E-state index contributed by atoms with van der Waals surface area (Å²) in [5, 5.41) is 3.04. The van der Waals surface area contributed by atoms with Crippen LogP contribution in [0.15, 0.2) is 83.8 Å². The Hall–Kier alpha value is -3.72. The van der Waals surface area contributed by atoms with Crippen LogP contribution in [-0.4, -0.2) is 50.3 Å². The highest BCUT2D eigenvalue weighted by atomic mass is 32.2. The van der Waals surface area contributed by atoms with Gasteiger partial charge in [-0.2, -0.15) is 0 Å². The summed E-state index contributed by atoms with van der Waals surface area (Å²) in [6, 6.07) is 20.4. The van der Waals surface area contributed by atoms with Gasteiger partial charge in [-0.15, -0.1) is 0 Å². The molecule has 1 aliphatic rings. The van der Waals surface area contributed by atoms with Gasteiger partial charge in [0.15, 0.2) is 0 Å². The van der Waals surface area contributed by atoms with Crippen molar-refractivity contribution >= 4 is 27.5 Å². The van der Waals surface area contributed by atoms with E-state index in [9.17, 15) is 22.4 Å². The molecule has 4 rings (SSSR count). The first-order valence-corrected chi connectivity index (χ1v) is 15.1. The van der Waals surface area contributed by atoms with Gasteiger partial charge in [0.2, 0.25) is 11.8 Å². The predicted molar refractivity (Wildman–Crippen MR) is 154 cm³/mol. The number of carbonyl (C=O) groups is 2. The quantitative estimate of drug-likeness (QED) is 0.360. The number of para-hydroxylation sites is 1. The number of halogens is 1. The lowest BCUT2D eigenvalue weighted by Crippen LogP contribution is -2.53. The van der Waals surface area contributed by atoms with Gasteiger partial charge in [-0.1, -0.05) is 73.0 Å². The van der Waals surface area contributed by atoms with E-state index in [0.29, 0.717) is 6.42 Å². The zero-order valence-electron chi connectivity index (χ0n) is 22.9. The molecule has 1 atom stereocenters. The van der Waals surface area contributed by atoms with Crippen molar-refractivity contribution in [3.63, 3.8) is 0 Å². The summed E-state index contributed by atoms with van der Waals surface area (Å²) in [5.74, 6) is -1.65. The van der Waals surface area contributed by atoms with E-state index >= 15 is 0 Å². The maximum absolute atomic E-state index is 15.0. The number of nitrogens with one attached hydrogen (secondary N) is 1. The molecule has 0 aromatic heterocycles. The average molecular weight is 566 g/mol. The largest absolute Gasteiger partial charge is 0.352 e. The maximum Gasteiger partial charge on any atom is 0.264 e. The summed E-state index contributed by atoms with van der Waals surface area (Å²) in [7, 11) is -4.31. The van der Waals surface area contributed by atoms with Gasteiger partial charge in [0.1, 0.15) is 18.4 Å². The standard InChI is InChI=1S/C31H36FN3O4S/c1-23-16-18-27(19-17-23)40(38,39)35(29-15-9-8-14-28(29)32)22-30(36)34(21-20-25-10-4-3-5-11-25)24(2)31(37)33-26-12-6-7-13-26/h3-5,8-11,14-19,24,26H,6-7,12-13,20-22H2,1-2H3,(H,33,37). The Morgan fingerprint density at radius 1 is 0.950 bits per heavy atom. The van der Waals surface area contributed by atoms with Crippen LogP contribution >= 0.6 is 0 Å². The van der Waals surface area contributed by atoms with Crippen LogP contribution in [0.5, 0.6) is 0 Å². The fourth-order valence-electron chi connectivity index (χ4n) is 4.97. The first-order chi connectivity index (χ1) is 19.2. The Labute approximate surface area is 236 Å². The minimum absolute atomic E-state index is 0.0583. The van der Waals surface area contributed by atoms with Gasteiger partial charge in [-0.3, -0.25) is 13.9 Å². The molecule has 0 radical (unpaired) electrons. The van der Waals surface area contributed by atoms with Crippen LogP contribution in [0.4, 0.5) is 10.1 Å². The first kappa shape index (κ1) is 29.3. The molecule has 1 fully saturated rings. The fourth-order valence-corrected chi connectivity index (χ4v) is 6.39. The van der Waals surface area contributed by atoms with E-state index in [2.05, 4.69) is 5.32 Å². The van der Waals surface area contributed by atoms with Crippen LogP contribution in [0, 0.1) is 12.7 Å². The van der Waals surface area contributed by atoms with E-state index in [0.717, 1.165) is 47.2 Å². The molecule has 1 N–H and O–H groups in total. The number of hydrogen-bond donors (Lipinski definition) is 1. The zero-order chi connectivity index (χ0) is 28.7. The van der Waals surface area contributed by atoms with Crippen LogP contribution in [0.3, 0.4) is 0 Å². The normalized spacial score (nSPS) is 14.5. The van der Waals surface area contributed by atoms with Crippen molar-refractivity contribution < 1.29 is 22.4 Å². The molecule has 1 saturated carbocycles. The third-order valence-electron chi connectivity index (χ3n) is 7.36. The van der Waals surface area contributed by atoms with E-state index in [4.69, 9.17) is 0 Å². The van der Waals surface area contributed by atoms with Crippen molar-refractivity contribution in [2.24, 2.45) is 0 Å². The van der Waals surface area contributed by atoms with Gasteiger partial charge in [0.25, 0.3) is 10.0 Å². The number of benzene rings is 3. The van der Waals surface area contributed by atoms with Crippen molar-refractivity contribution in [2.75, 3.05) is 17.4 Å². The number of anilines is 1. The number of sulfonamides is 1. The van der Waals surface area contributed by atoms with Crippen molar-refractivity contribution in [3.05, 3.63) is 95.8 Å². The summed E-state index contributed by atoms with van der Waals surface area (Å²) in [5.41, 5.74) is 1.60. The van der Waals surface area contributed by atoms with Crippen molar-refractivity contribution in [3.8, 4) is 0 Å². The van der Waals surface area contributed by atoms with Gasteiger partial charge in [0, 0.05) is 12.6 Å². The summed E-state index contributed by atoms with van der Waals surface area (Å²) < 4.78 is 43.3. The molecule has 0 bridgehead atoms. The van der Waals surface area contributed by atoms with Crippen molar-refractivity contribution in [2.45, 2.75) is 62.9 Å². The van der Waals surface area contributed by atoms with E-state index in [-0.39, 0.29) is 29.1 Å². The lowest BCUT2D eigenvalue weighted by atomic mass is 10.1. The number of rotatable bonds is 11. The first-order valence-electron chi connectivity index (χ1n) is 13.6. The summed E-state index contributed by atoms with van der Waals surface area (Å²) in [6.07, 6.45) is 4.35. The molecule has 0 spiro atoms. The number of carbonyl (C=O) groups excluding carboxylic acids is 2. The second-order valence-electron chi connectivity index (χ2n) is 10.3. The highest BCUT2D eigenvalue weighted by Gasteiger charge is 2.34. The highest BCUT2D eigenvalue weighted by Crippen LogP contribution is 2.27. The molecule has 0 aliphatic heterocycles. The number of nitrogens with zero attached hydrogens (tertiary/aromatic N) is 2. The Kier molecular flexibility index (Phi) is 9.58. The van der Waals surface area contributed by atoms with E-state index in [1.807, 2.05) is 37.3 Å². The minimum atomic E-state index is -4.31. The molecule has 3 aromatic rings. The molecular formula is C31H36FN3O4S. The molecule has 9 heteroatoms. The Bertz CT molecular complexity index is 1410. The van der Waals surface area contributed by atoms with Gasteiger partial charge < -0.3 is 10.2 Å². The topological polar surface area (TPSA) is 86.8 Å². The SMILES string of the molecule is Cc1ccc(S(=O)(=O)N(CC(=O)N(CCc2ccccc2)C(C)C(=O)NC2CCCC2)c2ccccc2F)cc1. The third kappa shape index (κ3) is 7.07. The lowest BCUT2D eigenvalue weighted by molar-refractivity contribution is -0.139. The molecular weight excluding hydrogens is 529 g/mol. The fraction of sp³-hybridized carbons (Fsp3) is 0.355. The van der Waals surface area contributed by atoms with Gasteiger partial charge in [-0.05, 0) is 62.9 Å². The van der Waals surface area contributed by atoms with Crippen LogP contribution in [0.2, 0.25) is 0 Å². The minimum Gasteiger partial charge on any atom is -0.352 e. The third-order valence-corrected chi connectivity index (χ3v) is 9.14. The molecule has 1 aliphatic carbocycles. The highest BCUT2D eigenvalue weighted by molar-refractivity contribution is 7.92. The predicted octanol–water partition coefficient (Wildman–Crippen LogP) is 4.85. The van der Waals surface area contributed by atoms with Crippen LogP contribution in [0.1, 0.15) is 43.7 Å². The van der Waals surface area contributed by atoms with Gasteiger partial charge >= 0.3 is 0 Å². The molecule has 212 valence electrons. The van der Waals surface area contributed by atoms with Crippen LogP contribution in [-0.2, 0) is 26.0 Å². The van der Waals surface area contributed by atoms with Crippen LogP contribution < -0.4 is 9.62 Å². The average Bonchev–Trinajstić information content (AvgIpc) is 3.46. The van der Waals surface area contributed by atoms with E-state index < -0.39 is 34.3 Å². The van der Waals surface area contributed by atoms with Gasteiger partial charge in [-0.25, -0.2) is 12.8 Å². The lowest BCUT2D eigenvalue weighted by Gasteiger charge is -2.32. The maximum atomic E-state index is 15.0. The van der Waals surface area contributed by atoms with E-state index in [1.165, 1.54) is 35.2 Å². The molecule has 7 nitrogen and oxygen atoms in total. The number of aryl methyl sites for hydroxylation is 1. The summed E-state index contributed by atoms with van der Waals surface area (Å²) in [4.78, 5) is 28.5. The zero-order valence-corrected chi connectivity index (χ0v) is 23.7. The Morgan fingerprint density at radius 3 is 2.23 bits per heavy atom. The number of hydrogen-bond acceptors (Lipinski definition) is 4. The second kappa shape index (κ2) is 13.1. The molecule has 1 unspecified atom stereocenters.